The highest BCUT2D eigenvalue weighted by Crippen LogP contribution is 2.37. The summed E-state index contributed by atoms with van der Waals surface area (Å²) in [7, 11) is 3.27. The second kappa shape index (κ2) is 17.6. The zero-order valence-electron chi connectivity index (χ0n) is 32.3. The molecule has 2 aromatic carbocycles. The average Bonchev–Trinajstić information content (AvgIpc) is 3.18. The Labute approximate surface area is 326 Å². The second-order valence-corrected chi connectivity index (χ2v) is 15.0. The minimum atomic E-state index is -1.15. The summed E-state index contributed by atoms with van der Waals surface area (Å²) in [6, 6.07) is 8.21. The molecule has 55 heavy (non-hydrogen) atoms. The van der Waals surface area contributed by atoms with Crippen molar-refractivity contribution in [3.63, 3.8) is 0 Å². The van der Waals surface area contributed by atoms with E-state index in [9.17, 15) is 19.2 Å². The number of nitrogens with zero attached hydrogens (tertiary/aromatic N) is 4. The number of benzene rings is 2. The van der Waals surface area contributed by atoms with Crippen molar-refractivity contribution < 1.29 is 33.0 Å². The van der Waals surface area contributed by atoms with Gasteiger partial charge in [-0.15, -0.1) is 0 Å². The van der Waals surface area contributed by atoms with Gasteiger partial charge in [0.2, 0.25) is 5.91 Å². The van der Waals surface area contributed by atoms with Gasteiger partial charge in [-0.3, -0.25) is 29.5 Å². The maximum absolute atomic E-state index is 15.6. The normalized spacial score (nSPS) is 19.8. The number of methoxy groups -OCH3 is 2. The lowest BCUT2D eigenvalue weighted by Gasteiger charge is -2.39. The molecule has 0 bridgehead atoms. The number of anilines is 1. The van der Waals surface area contributed by atoms with E-state index < -0.39 is 18.3 Å². The Morgan fingerprint density at radius 1 is 0.945 bits per heavy atom. The highest BCUT2D eigenvalue weighted by atomic mass is 35.5. The number of ether oxygens (including phenoxy) is 3. The van der Waals surface area contributed by atoms with Crippen molar-refractivity contribution in [3.8, 4) is 22.6 Å². The molecular formula is C41H51ClFN5O7. The smallest absolute Gasteiger partial charge is 0.328 e. The SMILES string of the molecule is CCCn1cc(-c2cc(OC)c(CCN3CC[C@@H](OC4CCN(C(=O)c5ccc(Cl)c(N6CCC(=O)NC6=O)c5)CC4)[C@H](F)C3)c(OC)c2)c(C)c(C)c1=O. The Hall–Kier alpha value is -4.46. The number of aromatic nitrogens is 1. The van der Waals surface area contributed by atoms with Crippen LogP contribution in [0.25, 0.3) is 11.1 Å². The molecule has 14 heteroatoms. The molecular weight excluding hydrogens is 729 g/mol. The number of likely N-dealkylation sites (tertiary alicyclic amines) is 2. The van der Waals surface area contributed by atoms with Crippen molar-refractivity contribution in [2.75, 3.05) is 58.4 Å². The fourth-order valence-corrected chi connectivity index (χ4v) is 8.04. The molecule has 1 N–H and O–H groups in total. The highest BCUT2D eigenvalue weighted by Gasteiger charge is 2.34. The summed E-state index contributed by atoms with van der Waals surface area (Å²) in [5.41, 5.74) is 5.20. The Morgan fingerprint density at radius 3 is 2.29 bits per heavy atom. The van der Waals surface area contributed by atoms with Gasteiger partial charge in [0, 0.05) is 80.7 Å². The van der Waals surface area contributed by atoms with Gasteiger partial charge in [-0.05, 0) is 87.4 Å². The molecule has 3 aromatic rings. The molecule has 3 aliphatic rings. The van der Waals surface area contributed by atoms with E-state index >= 15 is 4.39 Å². The van der Waals surface area contributed by atoms with Crippen molar-refractivity contribution in [2.24, 2.45) is 0 Å². The summed E-state index contributed by atoms with van der Waals surface area (Å²) < 4.78 is 35.4. The number of hydrogen-bond acceptors (Lipinski definition) is 8. The van der Waals surface area contributed by atoms with Crippen LogP contribution in [0, 0.1) is 13.8 Å². The lowest BCUT2D eigenvalue weighted by atomic mass is 9.96. The van der Waals surface area contributed by atoms with Crippen LogP contribution in [0.4, 0.5) is 14.9 Å². The molecule has 4 amide bonds. The number of aryl methyl sites for hydroxylation is 1. The van der Waals surface area contributed by atoms with Gasteiger partial charge in [0.1, 0.15) is 17.7 Å². The average molecular weight is 780 g/mol. The zero-order valence-corrected chi connectivity index (χ0v) is 33.0. The first-order valence-electron chi connectivity index (χ1n) is 19.1. The van der Waals surface area contributed by atoms with Crippen LogP contribution < -0.4 is 25.2 Å². The first kappa shape index (κ1) is 40.2. The number of carbonyl (C=O) groups is 3. The molecule has 2 atom stereocenters. The van der Waals surface area contributed by atoms with Crippen LogP contribution >= 0.6 is 11.6 Å². The van der Waals surface area contributed by atoms with Gasteiger partial charge in [0.15, 0.2) is 0 Å². The van der Waals surface area contributed by atoms with Crippen molar-refractivity contribution in [2.45, 2.75) is 84.2 Å². The number of hydrogen-bond donors (Lipinski definition) is 1. The number of alkyl halides is 1. The molecule has 4 heterocycles. The van der Waals surface area contributed by atoms with E-state index in [2.05, 4.69) is 10.2 Å². The van der Waals surface area contributed by atoms with E-state index in [1.165, 1.54) is 4.90 Å². The van der Waals surface area contributed by atoms with Crippen LogP contribution in [0.15, 0.2) is 41.3 Å². The van der Waals surface area contributed by atoms with Crippen LogP contribution in [0.1, 0.15) is 66.1 Å². The van der Waals surface area contributed by atoms with E-state index in [4.69, 9.17) is 25.8 Å². The molecule has 3 aliphatic heterocycles. The Bertz CT molecular complexity index is 1960. The standard InChI is InChI=1S/C41H51ClFN5O7/c1-6-14-47-23-31(25(2)26(3)39(47)50)28-21-36(53-4)30(37(22-28)54-5)11-15-45-16-12-35(33(43)24-45)55-29-9-17-46(18-10-29)40(51)27-7-8-32(42)34(20-27)48-19-13-38(49)44-41(48)52/h7-8,20-23,29,33,35H,6,9-19,24H2,1-5H3,(H,44,49,52)/t33-,35-/m1/s1. The maximum atomic E-state index is 15.6. The molecule has 3 saturated heterocycles. The molecule has 12 nitrogen and oxygen atoms in total. The molecule has 0 saturated carbocycles. The summed E-state index contributed by atoms with van der Waals surface area (Å²) in [6.45, 7) is 9.16. The quantitative estimate of drug-likeness (QED) is 0.240. The number of imide groups is 1. The van der Waals surface area contributed by atoms with E-state index in [0.29, 0.717) is 86.2 Å². The molecule has 0 spiro atoms. The highest BCUT2D eigenvalue weighted by molar-refractivity contribution is 6.34. The molecule has 6 rings (SSSR count). The number of piperidine rings is 2. The first-order chi connectivity index (χ1) is 26.4. The summed E-state index contributed by atoms with van der Waals surface area (Å²) in [5, 5.41) is 2.59. The number of urea groups is 1. The van der Waals surface area contributed by atoms with Crippen molar-refractivity contribution in [1.29, 1.82) is 0 Å². The first-order valence-corrected chi connectivity index (χ1v) is 19.5. The number of amides is 4. The van der Waals surface area contributed by atoms with Crippen LogP contribution in [-0.2, 0) is 22.5 Å². The van der Waals surface area contributed by atoms with E-state index in [1.807, 2.05) is 39.1 Å². The topological polar surface area (TPSA) is 123 Å². The number of carbonyl (C=O) groups excluding carboxylic acids is 3. The summed E-state index contributed by atoms with van der Waals surface area (Å²) in [4.78, 5) is 55.5. The predicted molar refractivity (Wildman–Crippen MR) is 209 cm³/mol. The largest absolute Gasteiger partial charge is 0.496 e. The fraction of sp³-hybridized carbons (Fsp3) is 0.512. The Balaban J connectivity index is 1.02. The third-order valence-electron chi connectivity index (χ3n) is 11.1. The maximum Gasteiger partial charge on any atom is 0.328 e. The fourth-order valence-electron chi connectivity index (χ4n) is 7.82. The molecule has 3 fully saturated rings. The molecule has 0 radical (unpaired) electrons. The van der Waals surface area contributed by atoms with Crippen LogP contribution in [0.3, 0.4) is 0 Å². The monoisotopic (exact) mass is 779 g/mol. The minimum absolute atomic E-state index is 0.0227. The van der Waals surface area contributed by atoms with Crippen LogP contribution in [-0.4, -0.2) is 104 Å². The Morgan fingerprint density at radius 2 is 1.65 bits per heavy atom. The van der Waals surface area contributed by atoms with Gasteiger partial charge in [0.05, 0.1) is 37.1 Å². The van der Waals surface area contributed by atoms with Gasteiger partial charge in [-0.1, -0.05) is 18.5 Å². The summed E-state index contributed by atoms with van der Waals surface area (Å²) in [6.07, 6.45) is 3.42. The van der Waals surface area contributed by atoms with Gasteiger partial charge in [-0.2, -0.15) is 0 Å². The minimum Gasteiger partial charge on any atom is -0.496 e. The third kappa shape index (κ3) is 8.84. The van der Waals surface area contributed by atoms with Gasteiger partial charge >= 0.3 is 6.03 Å². The summed E-state index contributed by atoms with van der Waals surface area (Å²) >= 11 is 6.37. The van der Waals surface area contributed by atoms with E-state index in [-0.39, 0.29) is 43.0 Å². The predicted octanol–water partition coefficient (Wildman–Crippen LogP) is 5.94. The van der Waals surface area contributed by atoms with Crippen molar-refractivity contribution in [3.05, 3.63) is 74.2 Å². The van der Waals surface area contributed by atoms with Gasteiger partial charge in [0.25, 0.3) is 11.5 Å². The molecule has 0 unspecified atom stereocenters. The second-order valence-electron chi connectivity index (χ2n) is 14.6. The molecule has 296 valence electrons. The lowest BCUT2D eigenvalue weighted by molar-refractivity contribution is -0.120. The van der Waals surface area contributed by atoms with Crippen LogP contribution in [0.2, 0.25) is 5.02 Å². The Kier molecular flexibility index (Phi) is 12.8. The van der Waals surface area contributed by atoms with Crippen molar-refractivity contribution >= 4 is 35.1 Å². The summed E-state index contributed by atoms with van der Waals surface area (Å²) in [5.74, 6) is 0.828. The molecule has 1 aromatic heterocycles. The number of nitrogens with one attached hydrogen (secondary N) is 1. The van der Waals surface area contributed by atoms with Crippen molar-refractivity contribution in [1.82, 2.24) is 19.7 Å². The molecule has 0 aliphatic carbocycles. The van der Waals surface area contributed by atoms with E-state index in [1.54, 1.807) is 41.9 Å². The lowest BCUT2D eigenvalue weighted by Crippen LogP contribution is -2.50. The zero-order chi connectivity index (χ0) is 39.4. The van der Waals surface area contributed by atoms with Gasteiger partial charge < -0.3 is 23.7 Å². The van der Waals surface area contributed by atoms with E-state index in [0.717, 1.165) is 34.2 Å². The van der Waals surface area contributed by atoms with Gasteiger partial charge in [-0.25, -0.2) is 9.18 Å². The third-order valence-corrected chi connectivity index (χ3v) is 11.4. The number of rotatable bonds is 12. The van der Waals surface area contributed by atoms with Crippen LogP contribution in [0.5, 0.6) is 11.5 Å². The number of halogens is 2. The number of pyridine rings is 1.